The Morgan fingerprint density at radius 3 is 1.23 bits per heavy atom. The lowest BCUT2D eigenvalue weighted by atomic mass is 10.1. The highest BCUT2D eigenvalue weighted by Gasteiger charge is 2.19. The fourth-order valence-electron chi connectivity index (χ4n) is 5.91. The van der Waals surface area contributed by atoms with E-state index in [0.29, 0.717) is 12.8 Å². The molecular weight excluding hydrogens is 769 g/mol. The number of unbranched alkanes of at least 4 members (excludes halogenated alkanes) is 12. The summed E-state index contributed by atoms with van der Waals surface area (Å²) in [5.41, 5.74) is 0. The molecule has 0 N–H and O–H groups in total. The summed E-state index contributed by atoms with van der Waals surface area (Å²) in [6.45, 7) is 6.21. The molecule has 0 aromatic heterocycles. The van der Waals surface area contributed by atoms with Crippen molar-refractivity contribution in [1.82, 2.24) is 0 Å². The van der Waals surface area contributed by atoms with Crippen LogP contribution in [0.2, 0.25) is 0 Å². The van der Waals surface area contributed by atoms with Gasteiger partial charge in [0.2, 0.25) is 0 Å². The molecule has 6 nitrogen and oxygen atoms in total. The smallest absolute Gasteiger partial charge is 0.306 e. The van der Waals surface area contributed by atoms with Gasteiger partial charge in [0.05, 0.1) is 0 Å². The molecule has 346 valence electrons. The van der Waals surface area contributed by atoms with E-state index in [1.807, 2.05) is 54.7 Å². The Bertz CT molecular complexity index is 1400. The van der Waals surface area contributed by atoms with E-state index in [1.54, 1.807) is 0 Å². The molecule has 0 bridgehead atoms. The van der Waals surface area contributed by atoms with Crippen LogP contribution in [0.15, 0.2) is 134 Å². The zero-order valence-corrected chi connectivity index (χ0v) is 39.3. The maximum atomic E-state index is 12.8. The number of hydrogen-bond acceptors (Lipinski definition) is 6. The second kappa shape index (κ2) is 49.2. The third-order valence-corrected chi connectivity index (χ3v) is 9.50. The maximum absolute atomic E-state index is 12.8. The van der Waals surface area contributed by atoms with Gasteiger partial charge in [0.25, 0.3) is 0 Å². The highest BCUT2D eigenvalue weighted by molar-refractivity contribution is 5.71. The largest absolute Gasteiger partial charge is 0.462 e. The van der Waals surface area contributed by atoms with Crippen molar-refractivity contribution in [2.24, 2.45) is 0 Å². The average molecular weight is 855 g/mol. The van der Waals surface area contributed by atoms with Gasteiger partial charge in [0.15, 0.2) is 6.10 Å². The number of carbonyl (C=O) groups is 3. The lowest BCUT2D eigenvalue weighted by molar-refractivity contribution is -0.167. The number of esters is 3. The minimum atomic E-state index is -0.837. The molecule has 0 spiro atoms. The van der Waals surface area contributed by atoms with Crippen molar-refractivity contribution in [2.45, 2.75) is 187 Å². The topological polar surface area (TPSA) is 78.9 Å². The lowest BCUT2D eigenvalue weighted by Crippen LogP contribution is -2.30. The first-order valence-electron chi connectivity index (χ1n) is 24.3. The lowest BCUT2D eigenvalue weighted by Gasteiger charge is -2.18. The summed E-state index contributed by atoms with van der Waals surface area (Å²) < 4.78 is 16.6. The summed E-state index contributed by atoms with van der Waals surface area (Å²) >= 11 is 0. The summed E-state index contributed by atoms with van der Waals surface area (Å²) in [5.74, 6) is -1.08. The van der Waals surface area contributed by atoms with Gasteiger partial charge in [0, 0.05) is 19.3 Å². The molecule has 0 rings (SSSR count). The third kappa shape index (κ3) is 46.6. The van der Waals surface area contributed by atoms with E-state index >= 15 is 0 Å². The van der Waals surface area contributed by atoms with Crippen LogP contribution in [-0.4, -0.2) is 37.2 Å². The predicted octanol–water partition coefficient (Wildman–Crippen LogP) is 15.9. The van der Waals surface area contributed by atoms with Crippen LogP contribution in [0.4, 0.5) is 0 Å². The van der Waals surface area contributed by atoms with Crippen molar-refractivity contribution < 1.29 is 28.6 Å². The van der Waals surface area contributed by atoms with E-state index in [9.17, 15) is 14.4 Å². The van der Waals surface area contributed by atoms with Crippen molar-refractivity contribution >= 4 is 17.9 Å². The van der Waals surface area contributed by atoms with Crippen LogP contribution in [0, 0.1) is 0 Å². The molecule has 0 saturated heterocycles. The number of ether oxygens (including phenoxy) is 3. The second-order valence-electron chi connectivity index (χ2n) is 15.4. The third-order valence-electron chi connectivity index (χ3n) is 9.50. The predicted molar refractivity (Wildman–Crippen MR) is 265 cm³/mol. The van der Waals surface area contributed by atoms with Crippen LogP contribution in [0.1, 0.15) is 181 Å². The van der Waals surface area contributed by atoms with Crippen molar-refractivity contribution in [1.29, 1.82) is 0 Å². The minimum Gasteiger partial charge on any atom is -0.462 e. The monoisotopic (exact) mass is 855 g/mol. The SMILES string of the molecule is CC/C=C/C=C/C=C/C=C/C=C/CCCC(=O)OCC(COC(=O)CCC/C=C/C/C=C/C/C=C/C/C=C/CCCCC)OC(=O)CCCCCCCCC/C=C/C/C=C/CC. The van der Waals surface area contributed by atoms with Gasteiger partial charge < -0.3 is 14.2 Å². The van der Waals surface area contributed by atoms with Crippen molar-refractivity contribution in [2.75, 3.05) is 13.2 Å². The van der Waals surface area contributed by atoms with E-state index in [-0.39, 0.29) is 50.4 Å². The minimum absolute atomic E-state index is 0.137. The summed E-state index contributed by atoms with van der Waals surface area (Å²) in [5, 5.41) is 0. The normalized spacial score (nSPS) is 13.3. The van der Waals surface area contributed by atoms with Gasteiger partial charge in [-0.15, -0.1) is 0 Å². The quantitative estimate of drug-likeness (QED) is 0.0200. The van der Waals surface area contributed by atoms with Gasteiger partial charge in [-0.1, -0.05) is 199 Å². The van der Waals surface area contributed by atoms with Crippen LogP contribution >= 0.6 is 0 Å². The highest BCUT2D eigenvalue weighted by atomic mass is 16.6. The summed E-state index contributed by atoms with van der Waals surface area (Å²) in [6, 6.07) is 0. The fraction of sp³-hybridized carbons (Fsp3) is 0.554. The van der Waals surface area contributed by atoms with E-state index < -0.39 is 6.10 Å². The number of carbonyl (C=O) groups excluding carboxylic acids is 3. The Hall–Kier alpha value is -4.45. The Balaban J connectivity index is 4.61. The van der Waals surface area contributed by atoms with Crippen LogP contribution in [0.3, 0.4) is 0 Å². The van der Waals surface area contributed by atoms with E-state index in [2.05, 4.69) is 99.8 Å². The molecular formula is C56H86O6. The zero-order chi connectivity index (χ0) is 45.1. The van der Waals surface area contributed by atoms with Gasteiger partial charge in [-0.2, -0.15) is 0 Å². The highest BCUT2D eigenvalue weighted by Crippen LogP contribution is 2.12. The standard InChI is InChI=1S/C56H86O6/c1-4-7-10-13-16-19-22-25-27-28-29-32-34-37-40-43-46-49-55(58)61-52-53(51-60-54(57)48-45-42-39-36-33-30-24-21-18-15-12-9-6-3)62-56(59)50-47-44-41-38-35-31-26-23-20-17-14-11-8-5-2/h8-9,11-12,15-21,24-25,27,29-30,32-33,36-37,39-40,53H,4-7,10,13-14,22-23,26,28,31,34-35,38,41-52H2,1-3H3/b11-8+,12-9+,18-15+,19-16+,20-17+,24-21+,27-25+,32-29+,33-30+,39-36+,40-37+. The van der Waals surface area contributed by atoms with Crippen molar-refractivity contribution in [3.05, 3.63) is 134 Å². The maximum Gasteiger partial charge on any atom is 0.306 e. The van der Waals surface area contributed by atoms with E-state index in [4.69, 9.17) is 14.2 Å². The summed E-state index contributed by atoms with van der Waals surface area (Å²) in [6.07, 6.45) is 68.7. The molecule has 0 saturated carbocycles. The molecule has 0 fully saturated rings. The Labute approximate surface area is 379 Å². The van der Waals surface area contributed by atoms with Gasteiger partial charge >= 0.3 is 17.9 Å². The van der Waals surface area contributed by atoms with Crippen LogP contribution in [0.25, 0.3) is 0 Å². The number of hydrogen-bond donors (Lipinski definition) is 0. The Morgan fingerprint density at radius 1 is 0.355 bits per heavy atom. The molecule has 1 atom stereocenters. The van der Waals surface area contributed by atoms with Gasteiger partial charge in [-0.3, -0.25) is 14.4 Å². The second-order valence-corrected chi connectivity index (χ2v) is 15.4. The fourth-order valence-corrected chi connectivity index (χ4v) is 5.91. The number of allylic oxidation sites excluding steroid dienone is 22. The van der Waals surface area contributed by atoms with Gasteiger partial charge in [-0.05, 0) is 96.3 Å². The Kier molecular flexibility index (Phi) is 45.7. The van der Waals surface area contributed by atoms with E-state index in [0.717, 1.165) is 83.5 Å². The molecule has 0 aliphatic carbocycles. The molecule has 62 heavy (non-hydrogen) atoms. The van der Waals surface area contributed by atoms with Crippen LogP contribution < -0.4 is 0 Å². The van der Waals surface area contributed by atoms with Gasteiger partial charge in [0.1, 0.15) is 13.2 Å². The van der Waals surface area contributed by atoms with Crippen molar-refractivity contribution in [3.63, 3.8) is 0 Å². The Morgan fingerprint density at radius 2 is 0.726 bits per heavy atom. The molecule has 0 aliphatic heterocycles. The van der Waals surface area contributed by atoms with Gasteiger partial charge in [-0.25, -0.2) is 0 Å². The first kappa shape index (κ1) is 57.5. The first-order valence-corrected chi connectivity index (χ1v) is 24.3. The first-order chi connectivity index (χ1) is 30.5. The van der Waals surface area contributed by atoms with E-state index in [1.165, 1.54) is 44.9 Å². The van der Waals surface area contributed by atoms with Crippen LogP contribution in [0.5, 0.6) is 0 Å². The molecule has 0 amide bonds. The summed E-state index contributed by atoms with van der Waals surface area (Å²) in [4.78, 5) is 37.8. The van der Waals surface area contributed by atoms with Crippen molar-refractivity contribution in [3.8, 4) is 0 Å². The van der Waals surface area contributed by atoms with Crippen LogP contribution in [-0.2, 0) is 28.6 Å². The molecule has 0 aliphatic rings. The molecule has 6 heteroatoms. The molecule has 0 aromatic carbocycles. The number of rotatable bonds is 41. The summed E-state index contributed by atoms with van der Waals surface area (Å²) in [7, 11) is 0. The zero-order valence-electron chi connectivity index (χ0n) is 39.3. The molecule has 1 unspecified atom stereocenters. The molecule has 0 heterocycles. The average Bonchev–Trinajstić information content (AvgIpc) is 3.27. The molecule has 0 radical (unpaired) electrons. The molecule has 0 aromatic rings.